The van der Waals surface area contributed by atoms with Gasteiger partial charge < -0.3 is 10.0 Å². The van der Waals surface area contributed by atoms with Crippen molar-refractivity contribution < 1.29 is 9.90 Å². The maximum Gasteiger partial charge on any atom is 0.133 e. The fraction of sp³-hybridized carbons (Fsp3) is 0.533. The summed E-state index contributed by atoms with van der Waals surface area (Å²) in [7, 11) is 3.96. The molecule has 1 aliphatic rings. The van der Waals surface area contributed by atoms with Crippen molar-refractivity contribution in [3.8, 4) is 5.75 Å². The highest BCUT2D eigenvalue weighted by Crippen LogP contribution is 2.33. The van der Waals surface area contributed by atoms with Gasteiger partial charge in [0.25, 0.3) is 0 Å². The van der Waals surface area contributed by atoms with Gasteiger partial charge in [0.15, 0.2) is 0 Å². The van der Waals surface area contributed by atoms with E-state index < -0.39 is 0 Å². The van der Waals surface area contributed by atoms with Crippen molar-refractivity contribution in [3.63, 3.8) is 0 Å². The van der Waals surface area contributed by atoms with Crippen LogP contribution in [-0.2, 0) is 11.3 Å². The Morgan fingerprint density at radius 1 is 1.39 bits per heavy atom. The second kappa shape index (κ2) is 5.53. The molecule has 1 aromatic rings. The summed E-state index contributed by atoms with van der Waals surface area (Å²) in [4.78, 5) is 13.5. The quantitative estimate of drug-likeness (QED) is 0.892. The number of rotatable bonds is 3. The molecule has 1 aliphatic carbocycles. The van der Waals surface area contributed by atoms with E-state index >= 15 is 0 Å². The van der Waals surface area contributed by atoms with Gasteiger partial charge in [-0.15, -0.1) is 0 Å². The Kier molecular flexibility index (Phi) is 4.02. The number of ketones is 1. The second-order valence-corrected chi connectivity index (χ2v) is 5.46. The molecule has 18 heavy (non-hydrogen) atoms. The first-order valence-electron chi connectivity index (χ1n) is 6.54. The average molecular weight is 247 g/mol. The summed E-state index contributed by atoms with van der Waals surface area (Å²) in [5, 5.41) is 10.0. The van der Waals surface area contributed by atoms with Crippen molar-refractivity contribution in [1.29, 1.82) is 0 Å². The Morgan fingerprint density at radius 2 is 2.17 bits per heavy atom. The maximum atomic E-state index is 11.5. The molecule has 1 unspecified atom stereocenters. The van der Waals surface area contributed by atoms with Crippen molar-refractivity contribution >= 4 is 5.78 Å². The summed E-state index contributed by atoms with van der Waals surface area (Å²) in [5.74, 6) is 0.993. The van der Waals surface area contributed by atoms with Crippen LogP contribution < -0.4 is 0 Å². The highest BCUT2D eigenvalue weighted by molar-refractivity contribution is 5.80. The lowest BCUT2D eigenvalue weighted by atomic mass is 9.83. The Bertz CT molecular complexity index is 440. The van der Waals surface area contributed by atoms with Crippen LogP contribution in [0.15, 0.2) is 18.2 Å². The number of hydrogen-bond donors (Lipinski definition) is 1. The number of nitrogens with zero attached hydrogens (tertiary/aromatic N) is 1. The topological polar surface area (TPSA) is 40.5 Å². The van der Waals surface area contributed by atoms with Gasteiger partial charge in [-0.05, 0) is 44.5 Å². The standard InChI is InChI=1S/C15H21NO2/c1-16(2)10-13-7-6-12(9-15(13)18)11-4-3-5-14(17)8-11/h6-7,9,11,18H,3-5,8,10H2,1-2H3. The van der Waals surface area contributed by atoms with E-state index in [4.69, 9.17) is 0 Å². The lowest BCUT2D eigenvalue weighted by Crippen LogP contribution is -2.14. The van der Waals surface area contributed by atoms with Gasteiger partial charge in [0.1, 0.15) is 11.5 Å². The summed E-state index contributed by atoms with van der Waals surface area (Å²) in [6, 6.07) is 5.87. The molecule has 98 valence electrons. The maximum absolute atomic E-state index is 11.5. The summed E-state index contributed by atoms with van der Waals surface area (Å²) in [6.45, 7) is 0.732. The molecule has 3 nitrogen and oxygen atoms in total. The number of carbonyl (C=O) groups is 1. The van der Waals surface area contributed by atoms with E-state index in [0.29, 0.717) is 23.9 Å². The van der Waals surface area contributed by atoms with Crippen LogP contribution in [0.3, 0.4) is 0 Å². The van der Waals surface area contributed by atoms with Gasteiger partial charge in [-0.1, -0.05) is 12.1 Å². The first kappa shape index (κ1) is 13.1. The third-order valence-corrected chi connectivity index (χ3v) is 3.55. The Labute approximate surface area is 108 Å². The van der Waals surface area contributed by atoms with Crippen molar-refractivity contribution in [1.82, 2.24) is 4.90 Å². The number of aromatic hydroxyl groups is 1. The third-order valence-electron chi connectivity index (χ3n) is 3.55. The summed E-state index contributed by atoms with van der Waals surface area (Å²) in [5.41, 5.74) is 2.04. The van der Waals surface area contributed by atoms with Crippen molar-refractivity contribution in [2.45, 2.75) is 38.1 Å². The minimum absolute atomic E-state index is 0.297. The zero-order valence-corrected chi connectivity index (χ0v) is 11.1. The van der Waals surface area contributed by atoms with Crippen LogP contribution in [0.25, 0.3) is 0 Å². The molecule has 3 heteroatoms. The molecule has 1 fully saturated rings. The SMILES string of the molecule is CN(C)Cc1ccc(C2CCCC(=O)C2)cc1O. The zero-order chi connectivity index (χ0) is 13.1. The van der Waals surface area contributed by atoms with Crippen LogP contribution in [0.5, 0.6) is 5.75 Å². The van der Waals surface area contributed by atoms with Crippen molar-refractivity contribution in [2.24, 2.45) is 0 Å². The van der Waals surface area contributed by atoms with Gasteiger partial charge in [-0.25, -0.2) is 0 Å². The molecule has 0 aliphatic heterocycles. The van der Waals surface area contributed by atoms with Gasteiger partial charge in [0.2, 0.25) is 0 Å². The summed E-state index contributed by atoms with van der Waals surface area (Å²) < 4.78 is 0. The fourth-order valence-electron chi connectivity index (χ4n) is 2.62. The third kappa shape index (κ3) is 3.10. The van der Waals surface area contributed by atoms with Crippen LogP contribution in [0.2, 0.25) is 0 Å². The van der Waals surface area contributed by atoms with Gasteiger partial charge in [-0.3, -0.25) is 4.79 Å². The van der Waals surface area contributed by atoms with Crippen molar-refractivity contribution in [3.05, 3.63) is 29.3 Å². The van der Waals surface area contributed by atoms with Gasteiger partial charge in [0.05, 0.1) is 0 Å². The monoisotopic (exact) mass is 247 g/mol. The van der Waals surface area contributed by atoms with E-state index in [1.54, 1.807) is 0 Å². The molecule has 2 rings (SSSR count). The minimum Gasteiger partial charge on any atom is -0.508 e. The zero-order valence-electron chi connectivity index (χ0n) is 11.1. The smallest absolute Gasteiger partial charge is 0.133 e. The molecule has 0 amide bonds. The van der Waals surface area contributed by atoms with E-state index in [2.05, 4.69) is 6.07 Å². The average Bonchev–Trinajstić information content (AvgIpc) is 2.31. The van der Waals surface area contributed by atoms with E-state index in [9.17, 15) is 9.90 Å². The molecule has 0 heterocycles. The summed E-state index contributed by atoms with van der Waals surface area (Å²) >= 11 is 0. The number of Topliss-reactive ketones (excluding diaryl/α,β-unsaturated/α-hetero) is 1. The summed E-state index contributed by atoms with van der Waals surface area (Å²) in [6.07, 6.45) is 3.38. The fourth-order valence-corrected chi connectivity index (χ4v) is 2.62. The first-order valence-corrected chi connectivity index (χ1v) is 6.54. The second-order valence-electron chi connectivity index (χ2n) is 5.46. The number of carbonyl (C=O) groups excluding carboxylic acids is 1. The highest BCUT2D eigenvalue weighted by Gasteiger charge is 2.21. The van der Waals surface area contributed by atoms with Gasteiger partial charge in [-0.2, -0.15) is 0 Å². The van der Waals surface area contributed by atoms with Crippen LogP contribution in [0.1, 0.15) is 42.7 Å². The lowest BCUT2D eigenvalue weighted by Gasteiger charge is -2.22. The van der Waals surface area contributed by atoms with E-state index in [1.807, 2.05) is 31.1 Å². The predicted octanol–water partition coefficient (Wildman–Crippen LogP) is 2.68. The van der Waals surface area contributed by atoms with Crippen molar-refractivity contribution in [2.75, 3.05) is 14.1 Å². The number of phenols is 1. The molecule has 1 aromatic carbocycles. The molecular formula is C15H21NO2. The van der Waals surface area contributed by atoms with E-state index in [-0.39, 0.29) is 0 Å². The largest absolute Gasteiger partial charge is 0.508 e. The lowest BCUT2D eigenvalue weighted by molar-refractivity contribution is -0.120. The Hall–Kier alpha value is -1.35. The van der Waals surface area contributed by atoms with E-state index in [1.165, 1.54) is 0 Å². The van der Waals surface area contributed by atoms with E-state index in [0.717, 1.165) is 36.9 Å². The van der Waals surface area contributed by atoms with Crippen LogP contribution >= 0.6 is 0 Å². The molecular weight excluding hydrogens is 226 g/mol. The minimum atomic E-state index is 0.297. The number of hydrogen-bond acceptors (Lipinski definition) is 3. The Morgan fingerprint density at radius 3 is 2.78 bits per heavy atom. The van der Waals surface area contributed by atoms with Crippen LogP contribution in [-0.4, -0.2) is 29.9 Å². The molecule has 1 saturated carbocycles. The normalized spacial score (nSPS) is 20.4. The molecule has 0 radical (unpaired) electrons. The Balaban J connectivity index is 2.15. The molecule has 1 atom stereocenters. The molecule has 1 N–H and O–H groups in total. The molecule has 0 aromatic heterocycles. The molecule has 0 spiro atoms. The predicted molar refractivity (Wildman–Crippen MR) is 71.7 cm³/mol. The number of benzene rings is 1. The van der Waals surface area contributed by atoms with Crippen LogP contribution in [0.4, 0.5) is 0 Å². The van der Waals surface area contributed by atoms with Crippen LogP contribution in [0, 0.1) is 0 Å². The van der Waals surface area contributed by atoms with Gasteiger partial charge in [0, 0.05) is 24.9 Å². The highest BCUT2D eigenvalue weighted by atomic mass is 16.3. The number of phenolic OH excluding ortho intramolecular Hbond substituents is 1. The molecule has 0 saturated heterocycles. The molecule has 0 bridgehead atoms. The first-order chi connectivity index (χ1) is 8.56. The van der Waals surface area contributed by atoms with Gasteiger partial charge >= 0.3 is 0 Å².